The predicted octanol–water partition coefficient (Wildman–Crippen LogP) is 5.01. The van der Waals surface area contributed by atoms with Crippen molar-refractivity contribution in [1.29, 1.82) is 5.26 Å². The van der Waals surface area contributed by atoms with Gasteiger partial charge in [0, 0.05) is 48.8 Å². The van der Waals surface area contributed by atoms with E-state index in [9.17, 15) is 22.4 Å². The highest BCUT2D eigenvalue weighted by Crippen LogP contribution is 2.35. The van der Waals surface area contributed by atoms with Crippen molar-refractivity contribution in [3.8, 4) is 17.9 Å². The van der Waals surface area contributed by atoms with Crippen LogP contribution in [0.1, 0.15) is 47.8 Å². The second-order valence-electron chi connectivity index (χ2n) is 9.19. The number of alkyl halides is 3. The molecule has 0 bridgehead atoms. The molecule has 210 valence electrons. The van der Waals surface area contributed by atoms with Crippen molar-refractivity contribution >= 4 is 16.6 Å². The molecule has 7 nitrogen and oxygen atoms in total. The van der Waals surface area contributed by atoms with E-state index >= 15 is 0 Å². The molecule has 0 aliphatic rings. The summed E-state index contributed by atoms with van der Waals surface area (Å²) in [6.07, 6.45) is -3.33. The van der Waals surface area contributed by atoms with Crippen molar-refractivity contribution in [1.82, 2.24) is 20.5 Å². The zero-order valence-corrected chi connectivity index (χ0v) is 22.3. The summed E-state index contributed by atoms with van der Waals surface area (Å²) < 4.78 is 57.4. The fourth-order valence-corrected chi connectivity index (χ4v) is 4.51. The van der Waals surface area contributed by atoms with E-state index < -0.39 is 29.2 Å². The van der Waals surface area contributed by atoms with Crippen LogP contribution in [0, 0.1) is 29.0 Å². The lowest BCUT2D eigenvalue weighted by atomic mass is 9.98. The second kappa shape index (κ2) is 12.6. The van der Waals surface area contributed by atoms with Crippen LogP contribution in [-0.2, 0) is 6.42 Å². The Morgan fingerprint density at radius 3 is 2.54 bits per heavy atom. The van der Waals surface area contributed by atoms with E-state index in [0.717, 1.165) is 6.07 Å². The highest BCUT2D eigenvalue weighted by Gasteiger charge is 2.42. The van der Waals surface area contributed by atoms with E-state index in [2.05, 4.69) is 32.3 Å². The minimum atomic E-state index is -4.78. The number of pyridine rings is 1. The fourth-order valence-electron chi connectivity index (χ4n) is 4.51. The average molecular weight is 563 g/mol. The number of fused-ring (bicyclic) bond motifs is 1. The third-order valence-corrected chi connectivity index (χ3v) is 6.52. The van der Waals surface area contributed by atoms with E-state index in [1.165, 1.54) is 18.3 Å². The Kier molecular flexibility index (Phi) is 9.00. The molecule has 2 N–H and O–H groups in total. The molecule has 11 heteroatoms. The Morgan fingerprint density at radius 2 is 1.88 bits per heavy atom. The number of rotatable bonds is 9. The Bertz CT molecular complexity index is 1700. The number of nitriles is 1. The summed E-state index contributed by atoms with van der Waals surface area (Å²) >= 11 is 0. The van der Waals surface area contributed by atoms with Crippen LogP contribution in [-0.4, -0.2) is 41.0 Å². The number of aromatic nitrogens is 3. The smallest absolute Gasteiger partial charge is 0.356 e. The minimum Gasteiger partial charge on any atom is -0.356 e. The number of likely N-dealkylation sites (N-methyl/N-ethyl adjacent to an activating group) is 1. The molecule has 0 aliphatic heterocycles. The number of halogens is 4. The lowest BCUT2D eigenvalue weighted by molar-refractivity contribution is -0.158. The van der Waals surface area contributed by atoms with E-state index in [-0.39, 0.29) is 19.5 Å². The fraction of sp³-hybridized carbons (Fsp3) is 0.267. The SMILES string of the molecule is CC#Cc1ccc2c(=O)[nH]nc(Cc3ccc(F)c(C(NCCN(CC)c4ccc(C#N)cn4)C(F)(F)F)c3)c2c1. The number of H-pyrrole nitrogens is 1. The molecule has 4 aromatic rings. The minimum absolute atomic E-state index is 0.0577. The van der Waals surface area contributed by atoms with Crippen molar-refractivity contribution in [3.05, 3.63) is 98.8 Å². The second-order valence-corrected chi connectivity index (χ2v) is 9.19. The van der Waals surface area contributed by atoms with Crippen LogP contribution in [0.25, 0.3) is 10.8 Å². The summed E-state index contributed by atoms with van der Waals surface area (Å²) in [5, 5.41) is 18.8. The number of nitrogens with zero attached hydrogens (tertiary/aromatic N) is 4. The van der Waals surface area contributed by atoms with Gasteiger partial charge in [0.05, 0.1) is 16.6 Å². The first kappa shape index (κ1) is 29.2. The van der Waals surface area contributed by atoms with Gasteiger partial charge in [-0.2, -0.15) is 23.5 Å². The van der Waals surface area contributed by atoms with Crippen molar-refractivity contribution in [2.75, 3.05) is 24.5 Å². The van der Waals surface area contributed by atoms with Crippen LogP contribution in [0.2, 0.25) is 0 Å². The third kappa shape index (κ3) is 6.89. The van der Waals surface area contributed by atoms with Gasteiger partial charge < -0.3 is 10.2 Å². The van der Waals surface area contributed by atoms with Crippen molar-refractivity contribution in [2.24, 2.45) is 0 Å². The topological polar surface area (TPSA) is 97.7 Å². The standard InChI is InChI=1S/C30H26F4N6O/c1-3-5-19-6-9-22-23(14-19)26(38-39-29(22)41)16-20-7-10-25(31)24(15-20)28(30(32,33)34)36-12-13-40(4-2)27-11-8-21(17-35)18-37-27/h6-11,14-15,18,28,36H,4,12-13,16H2,1-2H3,(H,39,41). The summed E-state index contributed by atoms with van der Waals surface area (Å²) in [4.78, 5) is 18.2. The molecule has 0 radical (unpaired) electrons. The molecule has 41 heavy (non-hydrogen) atoms. The van der Waals surface area contributed by atoms with E-state index in [4.69, 9.17) is 5.26 Å². The first-order chi connectivity index (χ1) is 19.6. The van der Waals surface area contributed by atoms with Gasteiger partial charge in [0.2, 0.25) is 0 Å². The largest absolute Gasteiger partial charge is 0.408 e. The molecule has 0 spiro atoms. The number of hydrogen-bond acceptors (Lipinski definition) is 6. The molecule has 1 atom stereocenters. The van der Waals surface area contributed by atoms with Gasteiger partial charge in [-0.1, -0.05) is 18.1 Å². The zero-order chi connectivity index (χ0) is 29.6. The van der Waals surface area contributed by atoms with Crippen molar-refractivity contribution < 1.29 is 17.6 Å². The van der Waals surface area contributed by atoms with Gasteiger partial charge in [0.25, 0.3) is 5.56 Å². The lowest BCUT2D eigenvalue weighted by Gasteiger charge is -2.26. The average Bonchev–Trinajstić information content (AvgIpc) is 2.95. The summed E-state index contributed by atoms with van der Waals surface area (Å²) in [6.45, 7) is 4.02. The molecule has 0 saturated carbocycles. The Balaban J connectivity index is 1.59. The molecule has 2 aromatic heterocycles. The van der Waals surface area contributed by atoms with Gasteiger partial charge in [-0.05, 0) is 55.8 Å². The number of nitrogens with one attached hydrogen (secondary N) is 2. The summed E-state index contributed by atoms with van der Waals surface area (Å²) in [5.74, 6) is 5.21. The van der Waals surface area contributed by atoms with E-state index in [1.54, 1.807) is 42.2 Å². The van der Waals surface area contributed by atoms with Crippen LogP contribution in [0.3, 0.4) is 0 Å². The molecule has 1 unspecified atom stereocenters. The maximum Gasteiger partial charge on any atom is 0.408 e. The highest BCUT2D eigenvalue weighted by molar-refractivity contribution is 5.85. The third-order valence-electron chi connectivity index (χ3n) is 6.52. The van der Waals surface area contributed by atoms with Gasteiger partial charge in [0.15, 0.2) is 0 Å². The lowest BCUT2D eigenvalue weighted by Crippen LogP contribution is -2.40. The maximum absolute atomic E-state index is 14.9. The quantitative estimate of drug-likeness (QED) is 0.220. The Labute approximate surface area is 233 Å². The highest BCUT2D eigenvalue weighted by atomic mass is 19.4. The predicted molar refractivity (Wildman–Crippen MR) is 148 cm³/mol. The van der Waals surface area contributed by atoms with Crippen LogP contribution < -0.4 is 15.8 Å². The summed E-state index contributed by atoms with van der Waals surface area (Å²) in [5.41, 5.74) is 0.894. The van der Waals surface area contributed by atoms with E-state index in [0.29, 0.717) is 45.5 Å². The maximum atomic E-state index is 14.9. The van der Waals surface area contributed by atoms with Crippen molar-refractivity contribution in [2.45, 2.75) is 32.5 Å². The number of hydrogen-bond donors (Lipinski definition) is 2. The first-order valence-electron chi connectivity index (χ1n) is 12.8. The zero-order valence-electron chi connectivity index (χ0n) is 22.3. The Morgan fingerprint density at radius 1 is 1.10 bits per heavy atom. The molecular formula is C30H26F4N6O. The number of aromatic amines is 1. The molecule has 0 amide bonds. The number of benzene rings is 2. The monoisotopic (exact) mass is 562 g/mol. The van der Waals surface area contributed by atoms with Crippen molar-refractivity contribution in [3.63, 3.8) is 0 Å². The van der Waals surface area contributed by atoms with Crippen LogP contribution in [0.4, 0.5) is 23.4 Å². The molecule has 0 aliphatic carbocycles. The van der Waals surface area contributed by atoms with Gasteiger partial charge in [-0.25, -0.2) is 14.5 Å². The van der Waals surface area contributed by atoms with E-state index in [1.807, 2.05) is 13.0 Å². The number of anilines is 1. The molecule has 2 aromatic carbocycles. The normalized spacial score (nSPS) is 11.9. The van der Waals surface area contributed by atoms with Crippen LogP contribution >= 0.6 is 0 Å². The first-order valence-corrected chi connectivity index (χ1v) is 12.8. The summed E-state index contributed by atoms with van der Waals surface area (Å²) in [6, 6.07) is 11.5. The summed E-state index contributed by atoms with van der Waals surface area (Å²) in [7, 11) is 0. The molecule has 0 fully saturated rings. The van der Waals surface area contributed by atoms with Crippen LogP contribution in [0.5, 0.6) is 0 Å². The molecular weight excluding hydrogens is 536 g/mol. The molecule has 2 heterocycles. The van der Waals surface area contributed by atoms with Gasteiger partial charge in [-0.15, -0.1) is 5.92 Å². The molecule has 0 saturated heterocycles. The Hall–Kier alpha value is -4.74. The van der Waals surface area contributed by atoms with Crippen LogP contribution in [0.15, 0.2) is 59.5 Å². The van der Waals surface area contributed by atoms with Gasteiger partial charge >= 0.3 is 6.18 Å². The van der Waals surface area contributed by atoms with Gasteiger partial charge in [0.1, 0.15) is 23.7 Å². The van der Waals surface area contributed by atoms with Gasteiger partial charge in [-0.3, -0.25) is 4.79 Å². The molecule has 4 rings (SSSR count).